The molecule has 1 amide bonds. The number of benzene rings is 2. The van der Waals surface area contributed by atoms with E-state index in [9.17, 15) is 4.79 Å². The van der Waals surface area contributed by atoms with Gasteiger partial charge in [0.1, 0.15) is 11.7 Å². The molecule has 0 aliphatic carbocycles. The maximum absolute atomic E-state index is 11.1. The average Bonchev–Trinajstić information content (AvgIpc) is 3.23. The molecule has 7 heteroatoms. The number of hydrogen-bond donors (Lipinski definition) is 1. The van der Waals surface area contributed by atoms with Crippen LogP contribution in [0.2, 0.25) is 0 Å². The Bertz CT molecular complexity index is 1140. The summed E-state index contributed by atoms with van der Waals surface area (Å²) in [4.78, 5) is 22.5. The summed E-state index contributed by atoms with van der Waals surface area (Å²) in [5.41, 5.74) is 9.43. The van der Waals surface area contributed by atoms with Crippen molar-refractivity contribution in [3.63, 3.8) is 0 Å². The Hall–Kier alpha value is -3.71. The number of aliphatic imine (C=N–C) groups is 2. The van der Waals surface area contributed by atoms with Crippen LogP contribution in [0.5, 0.6) is 0 Å². The highest BCUT2D eigenvalue weighted by Gasteiger charge is 2.29. The van der Waals surface area contributed by atoms with Crippen LogP contribution in [0.1, 0.15) is 28.3 Å². The second kappa shape index (κ2) is 10.3. The molecule has 2 N–H and O–H groups in total. The van der Waals surface area contributed by atoms with E-state index in [0.29, 0.717) is 19.8 Å². The molecule has 1 saturated heterocycles. The molecule has 7 nitrogen and oxygen atoms in total. The highest BCUT2D eigenvalue weighted by atomic mass is 16.5. The molecule has 1 fully saturated rings. The van der Waals surface area contributed by atoms with E-state index < -0.39 is 0 Å². The fraction of sp³-hybridized carbons (Fsp3) is 0.269. The number of amides is 1. The molecule has 3 aromatic rings. The number of hydrogen-bond acceptors (Lipinski definition) is 4. The Morgan fingerprint density at radius 2 is 1.85 bits per heavy atom. The first-order valence-electron chi connectivity index (χ1n) is 11.0. The van der Waals surface area contributed by atoms with Gasteiger partial charge < -0.3 is 19.9 Å². The molecule has 2 heterocycles. The molecule has 1 aromatic heterocycles. The molecule has 1 aliphatic heterocycles. The molecular formula is C26H29N5O2. The fourth-order valence-electron chi connectivity index (χ4n) is 4.32. The summed E-state index contributed by atoms with van der Waals surface area (Å²) in [5.74, 6) is 1.32. The molecule has 1 unspecified atom stereocenters. The van der Waals surface area contributed by atoms with Crippen LogP contribution in [0.4, 0.5) is 5.82 Å². The lowest BCUT2D eigenvalue weighted by atomic mass is 10.0. The Balaban J connectivity index is 1.60. The first-order valence-corrected chi connectivity index (χ1v) is 11.0. The van der Waals surface area contributed by atoms with Crippen molar-refractivity contribution in [2.45, 2.75) is 19.0 Å². The largest absolute Gasteiger partial charge is 0.377 e. The monoisotopic (exact) mass is 443 g/mol. The Morgan fingerprint density at radius 3 is 2.52 bits per heavy atom. The average molecular weight is 444 g/mol. The summed E-state index contributed by atoms with van der Waals surface area (Å²) in [6, 6.07) is 20.4. The van der Waals surface area contributed by atoms with Crippen molar-refractivity contribution in [2.75, 3.05) is 26.8 Å². The van der Waals surface area contributed by atoms with Crippen LogP contribution in [0.25, 0.3) is 0 Å². The van der Waals surface area contributed by atoms with Crippen molar-refractivity contribution in [1.29, 1.82) is 0 Å². The van der Waals surface area contributed by atoms with Gasteiger partial charge in [-0.2, -0.15) is 0 Å². The first-order chi connectivity index (χ1) is 16.1. The van der Waals surface area contributed by atoms with Gasteiger partial charge in [0.15, 0.2) is 0 Å². The van der Waals surface area contributed by atoms with Gasteiger partial charge in [0.2, 0.25) is 5.91 Å². The predicted molar refractivity (Wildman–Crippen MR) is 131 cm³/mol. The highest BCUT2D eigenvalue weighted by molar-refractivity contribution is 6.03. The third-order valence-corrected chi connectivity index (χ3v) is 5.88. The van der Waals surface area contributed by atoms with Gasteiger partial charge in [0.25, 0.3) is 0 Å². The van der Waals surface area contributed by atoms with Crippen LogP contribution in [0, 0.1) is 0 Å². The zero-order chi connectivity index (χ0) is 23.2. The maximum atomic E-state index is 11.1. The third kappa shape index (κ3) is 5.04. The normalized spacial score (nSPS) is 16.6. The Kier molecular flexibility index (Phi) is 7.00. The number of amidine groups is 1. The lowest BCUT2D eigenvalue weighted by Gasteiger charge is -2.38. The number of ether oxygens (including phenoxy) is 1. The van der Waals surface area contributed by atoms with Crippen molar-refractivity contribution >= 4 is 24.3 Å². The lowest BCUT2D eigenvalue weighted by molar-refractivity contribution is -0.117. The van der Waals surface area contributed by atoms with E-state index in [0.717, 1.165) is 34.9 Å². The van der Waals surface area contributed by atoms with Crippen LogP contribution in [0.3, 0.4) is 0 Å². The maximum Gasteiger partial charge on any atom is 0.221 e. The molecule has 0 bridgehead atoms. The minimum absolute atomic E-state index is 0.0810. The topological polar surface area (TPSA) is 85.2 Å². The van der Waals surface area contributed by atoms with Gasteiger partial charge in [0, 0.05) is 26.3 Å². The predicted octanol–water partition coefficient (Wildman–Crippen LogP) is 3.35. The molecule has 0 radical (unpaired) electrons. The van der Waals surface area contributed by atoms with Gasteiger partial charge in [-0.1, -0.05) is 54.6 Å². The Morgan fingerprint density at radius 1 is 1.12 bits per heavy atom. The molecule has 1 atom stereocenters. The quantitative estimate of drug-likeness (QED) is 0.449. The van der Waals surface area contributed by atoms with Crippen LogP contribution < -0.4 is 5.73 Å². The van der Waals surface area contributed by atoms with E-state index in [-0.39, 0.29) is 18.4 Å². The van der Waals surface area contributed by atoms with E-state index >= 15 is 0 Å². The highest BCUT2D eigenvalue weighted by Crippen LogP contribution is 2.30. The van der Waals surface area contributed by atoms with Crippen LogP contribution in [-0.4, -0.2) is 54.7 Å². The smallest absolute Gasteiger partial charge is 0.221 e. The molecule has 2 aromatic carbocycles. The molecule has 33 heavy (non-hydrogen) atoms. The second-order valence-electron chi connectivity index (χ2n) is 8.04. The molecule has 4 rings (SSSR count). The summed E-state index contributed by atoms with van der Waals surface area (Å²) in [7, 11) is 1.81. The number of morpholine rings is 1. The number of nitrogens with zero attached hydrogens (tertiary/aromatic N) is 4. The van der Waals surface area contributed by atoms with E-state index in [1.165, 1.54) is 5.56 Å². The second-order valence-corrected chi connectivity index (χ2v) is 8.04. The lowest BCUT2D eigenvalue weighted by Crippen LogP contribution is -2.43. The number of rotatable bonds is 7. The van der Waals surface area contributed by atoms with E-state index in [2.05, 4.69) is 38.3 Å². The number of carbonyl (C=O) groups excluding carboxylic acids is 1. The summed E-state index contributed by atoms with van der Waals surface area (Å²) in [5, 5.41) is 0. The van der Waals surface area contributed by atoms with Crippen molar-refractivity contribution in [3.05, 3.63) is 89.1 Å². The molecule has 0 saturated carbocycles. The first kappa shape index (κ1) is 22.5. The van der Waals surface area contributed by atoms with Crippen LogP contribution >= 0.6 is 0 Å². The molecular weight excluding hydrogens is 414 g/mol. The fourth-order valence-corrected chi connectivity index (χ4v) is 4.32. The third-order valence-electron chi connectivity index (χ3n) is 5.88. The number of nitrogens with two attached hydrogens (primary N) is 1. The summed E-state index contributed by atoms with van der Waals surface area (Å²) in [6.07, 6.45) is 2.26. The van der Waals surface area contributed by atoms with Gasteiger partial charge in [-0.15, -0.1) is 0 Å². The van der Waals surface area contributed by atoms with Crippen molar-refractivity contribution in [3.8, 4) is 0 Å². The molecule has 0 spiro atoms. The zero-order valence-electron chi connectivity index (χ0n) is 18.9. The summed E-state index contributed by atoms with van der Waals surface area (Å²) in [6.45, 7) is 6.47. The van der Waals surface area contributed by atoms with E-state index in [1.54, 1.807) is 0 Å². The minimum Gasteiger partial charge on any atom is -0.377 e. The van der Waals surface area contributed by atoms with E-state index in [4.69, 9.17) is 10.5 Å². The standard InChI is InChI=1S/C26H29N5O2/c1-28-25-22(12-13-30(25)17-20-10-8-19(9-11-20)16-24(27)32)26(29-2)31-14-15-33-18-23(31)21-6-4-3-5-7-21/h3-13,23H,1,14-18H2,2H3,(H2,27,32). The van der Waals surface area contributed by atoms with Gasteiger partial charge in [0.05, 0.1) is 31.2 Å². The number of aromatic nitrogens is 1. The van der Waals surface area contributed by atoms with Crippen LogP contribution in [-0.2, 0) is 22.5 Å². The van der Waals surface area contributed by atoms with Crippen molar-refractivity contribution in [1.82, 2.24) is 9.47 Å². The van der Waals surface area contributed by atoms with Crippen molar-refractivity contribution < 1.29 is 9.53 Å². The van der Waals surface area contributed by atoms with Crippen LogP contribution in [0.15, 0.2) is 76.8 Å². The van der Waals surface area contributed by atoms with Gasteiger partial charge >= 0.3 is 0 Å². The SMILES string of the molecule is C=Nc1c(C(=NC)N2CCOCC2c2ccccc2)ccn1Cc1ccc(CC(N)=O)cc1. The summed E-state index contributed by atoms with van der Waals surface area (Å²) >= 11 is 0. The van der Waals surface area contributed by atoms with Gasteiger partial charge in [-0.3, -0.25) is 9.79 Å². The zero-order valence-corrected chi connectivity index (χ0v) is 18.9. The minimum atomic E-state index is -0.334. The number of carbonyl (C=O) groups is 1. The summed E-state index contributed by atoms with van der Waals surface area (Å²) < 4.78 is 7.87. The van der Waals surface area contributed by atoms with E-state index in [1.807, 2.05) is 61.8 Å². The number of primary amides is 1. The van der Waals surface area contributed by atoms with Crippen molar-refractivity contribution in [2.24, 2.45) is 15.7 Å². The van der Waals surface area contributed by atoms with Gasteiger partial charge in [-0.25, -0.2) is 4.99 Å². The Labute approximate surface area is 194 Å². The molecule has 1 aliphatic rings. The molecule has 170 valence electrons. The van der Waals surface area contributed by atoms with Gasteiger partial charge in [-0.05, 0) is 29.5 Å².